The molecule has 1 saturated heterocycles. The molecule has 12 heteroatoms. The topological polar surface area (TPSA) is 151 Å². The maximum absolute atomic E-state index is 12.6. The van der Waals surface area contributed by atoms with Crippen molar-refractivity contribution in [2.75, 3.05) is 0 Å². The lowest BCUT2D eigenvalue weighted by atomic mass is 10.1. The molecule has 0 bridgehead atoms. The number of non-ortho nitro benzene ring substituents is 1. The van der Waals surface area contributed by atoms with Gasteiger partial charge < -0.3 is 14.6 Å². The van der Waals surface area contributed by atoms with E-state index in [2.05, 4.69) is 0 Å². The molecule has 0 spiro atoms. The number of carboxylic acid groups (broad SMARTS) is 2. The minimum Gasteiger partial charge on any atom is -0.481 e. The number of amides is 1. The van der Waals surface area contributed by atoms with Crippen molar-refractivity contribution in [3.8, 4) is 11.3 Å². The summed E-state index contributed by atoms with van der Waals surface area (Å²) in [7, 11) is 0. The van der Waals surface area contributed by atoms with Crippen molar-refractivity contribution in [1.29, 1.82) is 0 Å². The van der Waals surface area contributed by atoms with E-state index in [1.54, 1.807) is 12.1 Å². The first-order valence-corrected chi connectivity index (χ1v) is 9.46. The minimum atomic E-state index is -1.62. The van der Waals surface area contributed by atoms with Crippen LogP contribution in [0.2, 0.25) is 0 Å². The second-order valence-electron chi connectivity index (χ2n) is 6.01. The van der Waals surface area contributed by atoms with Gasteiger partial charge >= 0.3 is 11.9 Å². The Hall–Kier alpha value is -3.51. The van der Waals surface area contributed by atoms with Crippen LogP contribution in [0.3, 0.4) is 0 Å². The number of benzene rings is 1. The van der Waals surface area contributed by atoms with Crippen molar-refractivity contribution in [3.05, 3.63) is 57.2 Å². The van der Waals surface area contributed by atoms with Gasteiger partial charge in [-0.25, -0.2) is 4.79 Å². The average Bonchev–Trinajstić information content (AvgIpc) is 3.25. The van der Waals surface area contributed by atoms with Gasteiger partial charge in [0.2, 0.25) is 0 Å². The van der Waals surface area contributed by atoms with Gasteiger partial charge in [0.25, 0.3) is 11.6 Å². The van der Waals surface area contributed by atoms with Crippen molar-refractivity contribution in [2.45, 2.75) is 12.5 Å². The fourth-order valence-corrected chi connectivity index (χ4v) is 4.00. The highest BCUT2D eigenvalue weighted by atomic mass is 32.2. The van der Waals surface area contributed by atoms with Gasteiger partial charge in [-0.3, -0.25) is 24.6 Å². The molecule has 30 heavy (non-hydrogen) atoms. The lowest BCUT2D eigenvalue weighted by Gasteiger charge is -2.21. The number of thiocarbonyl (C=S) groups is 1. The minimum absolute atomic E-state index is 0.0662. The molecule has 1 atom stereocenters. The van der Waals surface area contributed by atoms with Gasteiger partial charge in [0, 0.05) is 23.8 Å². The van der Waals surface area contributed by atoms with E-state index in [-0.39, 0.29) is 20.7 Å². The van der Waals surface area contributed by atoms with Crippen LogP contribution in [0.1, 0.15) is 12.2 Å². The number of carbonyl (C=O) groups is 3. The molecule has 1 fully saturated rings. The maximum Gasteiger partial charge on any atom is 0.327 e. The van der Waals surface area contributed by atoms with Crippen LogP contribution in [0.25, 0.3) is 17.4 Å². The van der Waals surface area contributed by atoms with Crippen LogP contribution in [-0.2, 0) is 14.4 Å². The van der Waals surface area contributed by atoms with Crippen molar-refractivity contribution in [1.82, 2.24) is 4.90 Å². The van der Waals surface area contributed by atoms with Crippen LogP contribution < -0.4 is 0 Å². The Morgan fingerprint density at radius 1 is 1.23 bits per heavy atom. The quantitative estimate of drug-likeness (QED) is 0.280. The lowest BCUT2D eigenvalue weighted by molar-refractivity contribution is -0.384. The summed E-state index contributed by atoms with van der Waals surface area (Å²) in [6.07, 6.45) is 0.577. The Labute approximate surface area is 177 Å². The molecule has 1 aliphatic heterocycles. The molecule has 1 amide bonds. The summed E-state index contributed by atoms with van der Waals surface area (Å²) < 4.78 is 5.57. The van der Waals surface area contributed by atoms with E-state index in [1.807, 2.05) is 0 Å². The van der Waals surface area contributed by atoms with Crippen molar-refractivity contribution >= 4 is 57.9 Å². The van der Waals surface area contributed by atoms with Crippen LogP contribution in [0.5, 0.6) is 0 Å². The summed E-state index contributed by atoms with van der Waals surface area (Å²) in [6.45, 7) is 0. The SMILES string of the molecule is O=C(O)C[C@H](C(=O)O)N1C(=O)/C(=C\c2ccc(-c3ccc([N+](=O)[O-])cc3)o2)SC1=S. The van der Waals surface area contributed by atoms with E-state index in [0.29, 0.717) is 11.3 Å². The molecule has 0 unspecified atom stereocenters. The van der Waals surface area contributed by atoms with Gasteiger partial charge in [-0.1, -0.05) is 24.0 Å². The van der Waals surface area contributed by atoms with Gasteiger partial charge in [-0.2, -0.15) is 0 Å². The van der Waals surface area contributed by atoms with Crippen LogP contribution in [-0.4, -0.2) is 48.2 Å². The molecule has 1 aliphatic rings. The fourth-order valence-electron chi connectivity index (χ4n) is 2.67. The highest BCUT2D eigenvalue weighted by molar-refractivity contribution is 8.26. The maximum atomic E-state index is 12.6. The third-order valence-electron chi connectivity index (χ3n) is 4.05. The summed E-state index contributed by atoms with van der Waals surface area (Å²) in [5, 5.41) is 28.9. The number of nitro benzene ring substituents is 1. The zero-order valence-electron chi connectivity index (χ0n) is 14.9. The average molecular weight is 448 g/mol. The van der Waals surface area contributed by atoms with E-state index in [4.69, 9.17) is 21.7 Å². The molecule has 0 saturated carbocycles. The van der Waals surface area contributed by atoms with Gasteiger partial charge in [0.05, 0.1) is 16.2 Å². The number of furan rings is 1. The Morgan fingerprint density at radius 3 is 2.47 bits per heavy atom. The number of nitro groups is 1. The third kappa shape index (κ3) is 4.39. The van der Waals surface area contributed by atoms with Crippen molar-refractivity contribution in [2.24, 2.45) is 0 Å². The van der Waals surface area contributed by atoms with E-state index < -0.39 is 35.2 Å². The first-order valence-electron chi connectivity index (χ1n) is 8.23. The van der Waals surface area contributed by atoms with Gasteiger partial charge in [0.15, 0.2) is 0 Å². The molecular formula is C18H12N2O8S2. The number of hydrogen-bond acceptors (Lipinski definition) is 8. The number of nitrogens with zero attached hydrogens (tertiary/aromatic N) is 2. The molecule has 0 aliphatic carbocycles. The Morgan fingerprint density at radius 2 is 1.90 bits per heavy atom. The number of carboxylic acids is 2. The van der Waals surface area contributed by atoms with Crippen molar-refractivity contribution in [3.63, 3.8) is 0 Å². The standard InChI is InChI=1S/C18H12N2O8S2/c21-15(22)8-12(17(24)25)19-16(23)14(30-18(19)29)7-11-5-6-13(28-11)9-1-3-10(4-2-9)20(26)27/h1-7,12H,8H2,(H,21,22)(H,24,25)/b14-7+/t12-/m1/s1. The largest absolute Gasteiger partial charge is 0.481 e. The van der Waals surface area contributed by atoms with E-state index in [1.165, 1.54) is 30.3 Å². The summed E-state index contributed by atoms with van der Waals surface area (Å²) >= 11 is 5.90. The highest BCUT2D eigenvalue weighted by Crippen LogP contribution is 2.35. The second kappa shape index (κ2) is 8.47. The first kappa shape index (κ1) is 21.2. The van der Waals surface area contributed by atoms with Crippen LogP contribution in [0.4, 0.5) is 5.69 Å². The van der Waals surface area contributed by atoms with E-state index >= 15 is 0 Å². The molecule has 3 rings (SSSR count). The Bertz CT molecular complexity index is 1090. The normalized spacial score (nSPS) is 16.1. The molecule has 2 N–H and O–H groups in total. The number of rotatable bonds is 7. The summed E-state index contributed by atoms with van der Waals surface area (Å²) in [5.41, 5.74) is 0.517. The first-order chi connectivity index (χ1) is 14.2. The zero-order valence-corrected chi connectivity index (χ0v) is 16.5. The monoisotopic (exact) mass is 448 g/mol. The molecule has 10 nitrogen and oxygen atoms in total. The lowest BCUT2D eigenvalue weighted by Crippen LogP contribution is -2.45. The Kier molecular flexibility index (Phi) is 5.99. The van der Waals surface area contributed by atoms with Crippen molar-refractivity contribution < 1.29 is 33.9 Å². The predicted octanol–water partition coefficient (Wildman–Crippen LogP) is 2.98. The van der Waals surface area contributed by atoms with Crippen LogP contribution in [0.15, 0.2) is 45.7 Å². The summed E-state index contributed by atoms with van der Waals surface area (Å²) in [4.78, 5) is 46.0. The molecule has 2 heterocycles. The number of thioether (sulfide) groups is 1. The number of hydrogen-bond donors (Lipinski definition) is 2. The third-order valence-corrected chi connectivity index (χ3v) is 5.38. The summed E-state index contributed by atoms with van der Waals surface area (Å²) in [6, 6.07) is 7.25. The Balaban J connectivity index is 1.83. The van der Waals surface area contributed by atoms with Gasteiger partial charge in [-0.15, -0.1) is 0 Å². The van der Waals surface area contributed by atoms with E-state index in [0.717, 1.165) is 16.7 Å². The van der Waals surface area contributed by atoms with Crippen LogP contribution >= 0.6 is 24.0 Å². The molecular weight excluding hydrogens is 436 g/mol. The van der Waals surface area contributed by atoms with Gasteiger partial charge in [-0.05, 0) is 24.3 Å². The zero-order chi connectivity index (χ0) is 22.0. The smallest absolute Gasteiger partial charge is 0.327 e. The highest BCUT2D eigenvalue weighted by Gasteiger charge is 2.41. The number of aliphatic carboxylic acids is 2. The molecule has 154 valence electrons. The second-order valence-corrected chi connectivity index (χ2v) is 7.69. The van der Waals surface area contributed by atoms with Gasteiger partial charge in [0.1, 0.15) is 21.9 Å². The molecule has 1 aromatic heterocycles. The van der Waals surface area contributed by atoms with Crippen LogP contribution in [0, 0.1) is 10.1 Å². The molecule has 0 radical (unpaired) electrons. The fraction of sp³-hybridized carbons (Fsp3) is 0.111. The predicted molar refractivity (Wildman–Crippen MR) is 109 cm³/mol. The molecule has 1 aromatic carbocycles. The number of carbonyl (C=O) groups excluding carboxylic acids is 1. The van der Waals surface area contributed by atoms with E-state index in [9.17, 15) is 29.6 Å². The molecule has 2 aromatic rings. The summed E-state index contributed by atoms with van der Waals surface area (Å²) in [5.74, 6) is -2.91.